The highest BCUT2D eigenvalue weighted by molar-refractivity contribution is 5.01. The minimum Gasteiger partial charge on any atom is -0.297 e. The summed E-state index contributed by atoms with van der Waals surface area (Å²) in [7, 11) is 0. The molecule has 1 unspecified atom stereocenters. The molecule has 2 aliphatic heterocycles. The Bertz CT molecular complexity index is 251. The van der Waals surface area contributed by atoms with Gasteiger partial charge < -0.3 is 0 Å². The minimum atomic E-state index is 0.813. The van der Waals surface area contributed by atoms with E-state index in [0.29, 0.717) is 0 Å². The Morgan fingerprint density at radius 3 is 2.39 bits per heavy atom. The number of unbranched alkanes of at least 4 members (excludes halogenated alkanes) is 2. The van der Waals surface area contributed by atoms with Gasteiger partial charge in [-0.05, 0) is 25.7 Å². The van der Waals surface area contributed by atoms with Crippen LogP contribution in [0.15, 0.2) is 0 Å². The van der Waals surface area contributed by atoms with Crippen LogP contribution >= 0.6 is 0 Å². The second-order valence-electron chi connectivity index (χ2n) is 6.93. The summed E-state index contributed by atoms with van der Waals surface area (Å²) in [6.07, 6.45) is 7.01. The van der Waals surface area contributed by atoms with Crippen molar-refractivity contribution in [3.63, 3.8) is 0 Å². The van der Waals surface area contributed by atoms with Crippen molar-refractivity contribution in [2.75, 3.05) is 19.6 Å². The third kappa shape index (κ3) is 3.27. The average Bonchev–Trinajstić information content (AvgIpc) is 2.87. The summed E-state index contributed by atoms with van der Waals surface area (Å²) in [5.74, 6) is 0.819. The van der Waals surface area contributed by atoms with Crippen molar-refractivity contribution in [1.29, 1.82) is 0 Å². The summed E-state index contributed by atoms with van der Waals surface area (Å²) in [6, 6.07) is 2.55. The lowest BCUT2D eigenvalue weighted by molar-refractivity contribution is 0.0868. The zero-order chi connectivity index (χ0) is 13.1. The second-order valence-corrected chi connectivity index (χ2v) is 6.93. The Hall–Kier alpha value is -0.0800. The Kier molecular flexibility index (Phi) is 5.08. The molecule has 3 atom stereocenters. The van der Waals surface area contributed by atoms with Crippen LogP contribution in [0.1, 0.15) is 59.8 Å². The van der Waals surface area contributed by atoms with E-state index in [2.05, 4.69) is 37.5 Å². The lowest BCUT2D eigenvalue weighted by Crippen LogP contribution is -2.50. The van der Waals surface area contributed by atoms with Gasteiger partial charge in [0.25, 0.3) is 0 Å². The Labute approximate surface area is 114 Å². The van der Waals surface area contributed by atoms with E-state index < -0.39 is 0 Å². The molecule has 0 radical (unpaired) electrons. The molecule has 0 aromatic rings. The summed E-state index contributed by atoms with van der Waals surface area (Å²) in [5.41, 5.74) is 0. The molecule has 0 aliphatic carbocycles. The highest BCUT2D eigenvalue weighted by Crippen LogP contribution is 2.33. The normalized spacial score (nSPS) is 30.5. The predicted octanol–water partition coefficient (Wildman–Crippen LogP) is 3.37. The lowest BCUT2D eigenvalue weighted by atomic mass is 10.1. The second kappa shape index (κ2) is 6.38. The highest BCUT2D eigenvalue weighted by atomic mass is 15.4. The molecule has 2 nitrogen and oxygen atoms in total. The molecule has 2 bridgehead atoms. The fourth-order valence-electron chi connectivity index (χ4n) is 3.87. The molecule has 0 aromatic carbocycles. The van der Waals surface area contributed by atoms with Gasteiger partial charge in [0, 0.05) is 37.8 Å². The number of rotatable bonds is 7. The van der Waals surface area contributed by atoms with Gasteiger partial charge in [0.15, 0.2) is 0 Å². The molecular formula is C16H32N2. The standard InChI is InChI=1S/C16H32N2/c1-5-6-7-8-14(4)18-12-15-9-16(18)11-17(15)10-13(2)3/h13-16H,5-12H2,1-4H3/t14?,15-,16-/m0/s1. The van der Waals surface area contributed by atoms with Crippen LogP contribution in [0.25, 0.3) is 0 Å². The predicted molar refractivity (Wildman–Crippen MR) is 78.9 cm³/mol. The molecule has 0 spiro atoms. The first kappa shape index (κ1) is 14.3. The topological polar surface area (TPSA) is 6.48 Å². The van der Waals surface area contributed by atoms with Gasteiger partial charge in [0.2, 0.25) is 0 Å². The SMILES string of the molecule is CCCCCC(C)N1C[C@@H]2C[C@H]1CN2CC(C)C. The van der Waals surface area contributed by atoms with E-state index in [4.69, 9.17) is 0 Å². The molecule has 2 aliphatic rings. The average molecular weight is 252 g/mol. The van der Waals surface area contributed by atoms with Gasteiger partial charge in [-0.1, -0.05) is 40.0 Å². The molecule has 2 heteroatoms. The van der Waals surface area contributed by atoms with E-state index in [9.17, 15) is 0 Å². The number of hydrogen-bond donors (Lipinski definition) is 0. The van der Waals surface area contributed by atoms with Crippen molar-refractivity contribution < 1.29 is 0 Å². The zero-order valence-electron chi connectivity index (χ0n) is 12.9. The van der Waals surface area contributed by atoms with Gasteiger partial charge >= 0.3 is 0 Å². The summed E-state index contributed by atoms with van der Waals surface area (Å²) in [4.78, 5) is 5.54. The smallest absolute Gasteiger partial charge is 0.0242 e. The van der Waals surface area contributed by atoms with Crippen molar-refractivity contribution in [1.82, 2.24) is 9.80 Å². The van der Waals surface area contributed by atoms with Crippen LogP contribution in [0, 0.1) is 5.92 Å². The van der Waals surface area contributed by atoms with Gasteiger partial charge in [0.05, 0.1) is 0 Å². The minimum absolute atomic E-state index is 0.813. The molecule has 18 heavy (non-hydrogen) atoms. The molecule has 2 rings (SSSR count). The first-order valence-corrected chi connectivity index (χ1v) is 8.11. The van der Waals surface area contributed by atoms with E-state index in [1.807, 2.05) is 0 Å². The molecule has 2 heterocycles. The van der Waals surface area contributed by atoms with E-state index in [1.165, 1.54) is 51.7 Å². The van der Waals surface area contributed by atoms with Gasteiger partial charge in [-0.15, -0.1) is 0 Å². The Morgan fingerprint density at radius 1 is 1.06 bits per heavy atom. The van der Waals surface area contributed by atoms with Crippen molar-refractivity contribution in [2.24, 2.45) is 5.92 Å². The van der Waals surface area contributed by atoms with Gasteiger partial charge in [0.1, 0.15) is 0 Å². The molecule has 106 valence electrons. The van der Waals surface area contributed by atoms with E-state index >= 15 is 0 Å². The molecule has 0 amide bonds. The van der Waals surface area contributed by atoms with Gasteiger partial charge in [-0.3, -0.25) is 9.80 Å². The van der Waals surface area contributed by atoms with Gasteiger partial charge in [-0.25, -0.2) is 0 Å². The molecule has 2 saturated heterocycles. The van der Waals surface area contributed by atoms with Crippen molar-refractivity contribution >= 4 is 0 Å². The largest absolute Gasteiger partial charge is 0.297 e. The number of hydrogen-bond acceptors (Lipinski definition) is 2. The molecular weight excluding hydrogens is 220 g/mol. The van der Waals surface area contributed by atoms with Crippen LogP contribution in [0.4, 0.5) is 0 Å². The van der Waals surface area contributed by atoms with Crippen LogP contribution in [0.2, 0.25) is 0 Å². The molecule has 0 N–H and O–H groups in total. The van der Waals surface area contributed by atoms with Crippen LogP contribution in [-0.2, 0) is 0 Å². The molecule has 2 fully saturated rings. The van der Waals surface area contributed by atoms with Crippen LogP contribution in [0.3, 0.4) is 0 Å². The number of likely N-dealkylation sites (tertiary alicyclic amines) is 2. The van der Waals surface area contributed by atoms with Gasteiger partial charge in [-0.2, -0.15) is 0 Å². The van der Waals surface area contributed by atoms with Crippen molar-refractivity contribution in [2.45, 2.75) is 77.9 Å². The lowest BCUT2D eigenvalue weighted by Gasteiger charge is -2.38. The van der Waals surface area contributed by atoms with E-state index in [0.717, 1.165) is 24.0 Å². The van der Waals surface area contributed by atoms with Crippen LogP contribution in [-0.4, -0.2) is 47.6 Å². The summed E-state index contributed by atoms with van der Waals surface area (Å²) < 4.78 is 0. The third-order valence-electron chi connectivity index (χ3n) is 4.79. The number of piperazine rings is 1. The maximum Gasteiger partial charge on any atom is 0.0242 e. The first-order chi connectivity index (χ1) is 8.61. The summed E-state index contributed by atoms with van der Waals surface area (Å²) in [5, 5.41) is 0. The Balaban J connectivity index is 1.76. The maximum absolute atomic E-state index is 2.80. The Morgan fingerprint density at radius 2 is 1.83 bits per heavy atom. The van der Waals surface area contributed by atoms with Crippen LogP contribution < -0.4 is 0 Å². The molecule has 0 saturated carbocycles. The van der Waals surface area contributed by atoms with E-state index in [-0.39, 0.29) is 0 Å². The third-order valence-corrected chi connectivity index (χ3v) is 4.79. The maximum atomic E-state index is 2.80. The fourth-order valence-corrected chi connectivity index (χ4v) is 3.87. The summed E-state index contributed by atoms with van der Waals surface area (Å²) in [6.45, 7) is 13.4. The summed E-state index contributed by atoms with van der Waals surface area (Å²) >= 11 is 0. The quantitative estimate of drug-likeness (QED) is 0.641. The monoisotopic (exact) mass is 252 g/mol. The van der Waals surface area contributed by atoms with E-state index in [1.54, 1.807) is 0 Å². The highest BCUT2D eigenvalue weighted by Gasteiger charge is 2.44. The van der Waals surface area contributed by atoms with Crippen molar-refractivity contribution in [3.05, 3.63) is 0 Å². The zero-order valence-corrected chi connectivity index (χ0v) is 12.9. The number of nitrogens with zero attached hydrogens (tertiary/aromatic N) is 2. The molecule has 0 aromatic heterocycles. The number of fused-ring (bicyclic) bond motifs is 2. The van der Waals surface area contributed by atoms with Crippen molar-refractivity contribution in [3.8, 4) is 0 Å². The fraction of sp³-hybridized carbons (Fsp3) is 1.00. The first-order valence-electron chi connectivity index (χ1n) is 8.11. The van der Waals surface area contributed by atoms with Crippen LogP contribution in [0.5, 0.6) is 0 Å².